The molecule has 106 valence electrons. The Bertz CT molecular complexity index is 363. The van der Waals surface area contributed by atoms with Gasteiger partial charge in [-0.1, -0.05) is 19.3 Å². The van der Waals surface area contributed by atoms with E-state index >= 15 is 0 Å². The fraction of sp³-hybridized carbons (Fsp3) is 0.917. The van der Waals surface area contributed by atoms with Crippen LogP contribution in [0, 0.1) is 11.8 Å². The molecule has 0 bridgehead atoms. The van der Waals surface area contributed by atoms with Crippen LogP contribution in [0.25, 0.3) is 0 Å². The number of carbonyl (C=O) groups is 1. The zero-order valence-electron chi connectivity index (χ0n) is 10.5. The van der Waals surface area contributed by atoms with E-state index in [0.717, 1.165) is 25.7 Å². The third-order valence-electron chi connectivity index (χ3n) is 3.58. The van der Waals surface area contributed by atoms with Crippen molar-refractivity contribution in [3.8, 4) is 0 Å². The number of aliphatic hydroxyl groups excluding tert-OH is 1. The van der Waals surface area contributed by atoms with E-state index in [1.807, 2.05) is 0 Å². The van der Waals surface area contributed by atoms with Crippen molar-refractivity contribution in [2.24, 2.45) is 11.8 Å². The maximum absolute atomic E-state index is 11.4. The Balaban J connectivity index is 2.39. The molecule has 18 heavy (non-hydrogen) atoms. The average Bonchev–Trinajstić information content (AvgIpc) is 2.63. The van der Waals surface area contributed by atoms with Crippen molar-refractivity contribution >= 4 is 15.8 Å². The third kappa shape index (κ3) is 4.94. The minimum atomic E-state index is -3.01. The number of hydrogen-bond acceptors (Lipinski definition) is 4. The zero-order valence-corrected chi connectivity index (χ0v) is 11.4. The number of rotatable bonds is 8. The maximum atomic E-state index is 11.4. The zero-order chi connectivity index (χ0) is 13.6. The normalized spacial score (nSPS) is 23.9. The van der Waals surface area contributed by atoms with E-state index in [1.165, 1.54) is 0 Å². The third-order valence-corrected chi connectivity index (χ3v) is 5.37. The lowest BCUT2D eigenvalue weighted by Crippen LogP contribution is -2.24. The van der Waals surface area contributed by atoms with Gasteiger partial charge in [-0.15, -0.1) is 0 Å². The van der Waals surface area contributed by atoms with E-state index in [0.29, 0.717) is 12.8 Å². The van der Waals surface area contributed by atoms with Crippen LogP contribution in [0.2, 0.25) is 0 Å². The highest BCUT2D eigenvalue weighted by molar-refractivity contribution is 7.91. The molecule has 0 radical (unpaired) electrons. The first-order chi connectivity index (χ1) is 8.46. The standard InChI is InChI=1S/C12H22O5S/c13-7-4-2-1-3-5-11(12(14)15)10-6-8-18(16,17)9-10/h10-11,13H,1-9H2,(H,14,15). The molecule has 0 saturated carbocycles. The molecule has 0 amide bonds. The molecule has 2 unspecified atom stereocenters. The molecule has 2 atom stereocenters. The first-order valence-electron chi connectivity index (χ1n) is 6.50. The van der Waals surface area contributed by atoms with E-state index in [4.69, 9.17) is 5.11 Å². The van der Waals surface area contributed by atoms with E-state index in [2.05, 4.69) is 0 Å². The van der Waals surface area contributed by atoms with Crippen LogP contribution in [0.1, 0.15) is 38.5 Å². The number of hydrogen-bond donors (Lipinski definition) is 2. The molecule has 5 nitrogen and oxygen atoms in total. The van der Waals surface area contributed by atoms with Crippen LogP contribution in [0.3, 0.4) is 0 Å². The van der Waals surface area contributed by atoms with Gasteiger partial charge in [-0.3, -0.25) is 4.79 Å². The van der Waals surface area contributed by atoms with Gasteiger partial charge in [0, 0.05) is 6.61 Å². The Morgan fingerprint density at radius 3 is 2.39 bits per heavy atom. The smallest absolute Gasteiger partial charge is 0.306 e. The monoisotopic (exact) mass is 278 g/mol. The van der Waals surface area contributed by atoms with Gasteiger partial charge in [-0.05, 0) is 25.2 Å². The topological polar surface area (TPSA) is 91.7 Å². The first-order valence-corrected chi connectivity index (χ1v) is 8.32. The van der Waals surface area contributed by atoms with Crippen LogP contribution < -0.4 is 0 Å². The number of carboxylic acid groups (broad SMARTS) is 1. The Hall–Kier alpha value is -0.620. The summed E-state index contributed by atoms with van der Waals surface area (Å²) in [6, 6.07) is 0. The van der Waals surface area contributed by atoms with Gasteiger partial charge in [0.15, 0.2) is 9.84 Å². The Kier molecular flexibility index (Phi) is 6.08. The highest BCUT2D eigenvalue weighted by Gasteiger charge is 2.36. The van der Waals surface area contributed by atoms with Crippen LogP contribution >= 0.6 is 0 Å². The van der Waals surface area contributed by atoms with Gasteiger partial charge < -0.3 is 10.2 Å². The highest BCUT2D eigenvalue weighted by Crippen LogP contribution is 2.29. The van der Waals surface area contributed by atoms with Gasteiger partial charge in [-0.2, -0.15) is 0 Å². The predicted molar refractivity (Wildman–Crippen MR) is 68.1 cm³/mol. The van der Waals surface area contributed by atoms with Crippen molar-refractivity contribution < 1.29 is 23.4 Å². The molecule has 0 aromatic rings. The van der Waals surface area contributed by atoms with E-state index in [-0.39, 0.29) is 24.0 Å². The summed E-state index contributed by atoms with van der Waals surface area (Å²) in [6.07, 6.45) is 4.34. The number of aliphatic hydroxyl groups is 1. The Morgan fingerprint density at radius 1 is 1.22 bits per heavy atom. The molecule has 6 heteroatoms. The van der Waals surface area contributed by atoms with Crippen LogP contribution in [-0.4, -0.2) is 42.7 Å². The second-order valence-corrected chi connectivity index (χ2v) is 7.26. The van der Waals surface area contributed by atoms with Crippen molar-refractivity contribution in [2.45, 2.75) is 38.5 Å². The Morgan fingerprint density at radius 2 is 1.89 bits per heavy atom. The summed E-state index contributed by atoms with van der Waals surface area (Å²) in [4.78, 5) is 11.2. The van der Waals surface area contributed by atoms with E-state index < -0.39 is 21.7 Å². The molecule has 1 aliphatic heterocycles. The van der Waals surface area contributed by atoms with Gasteiger partial charge in [-0.25, -0.2) is 8.42 Å². The molecule has 2 N–H and O–H groups in total. The summed E-state index contributed by atoms with van der Waals surface area (Å²) < 4.78 is 22.7. The lowest BCUT2D eigenvalue weighted by molar-refractivity contribution is -0.143. The molecular formula is C12H22O5S. The quantitative estimate of drug-likeness (QED) is 0.648. The van der Waals surface area contributed by atoms with Crippen molar-refractivity contribution in [1.82, 2.24) is 0 Å². The largest absolute Gasteiger partial charge is 0.481 e. The highest BCUT2D eigenvalue weighted by atomic mass is 32.2. The SMILES string of the molecule is O=C(O)C(CCCCCCO)C1CCS(=O)(=O)C1. The van der Waals surface area contributed by atoms with E-state index in [9.17, 15) is 18.3 Å². The van der Waals surface area contributed by atoms with Gasteiger partial charge >= 0.3 is 5.97 Å². The fourth-order valence-electron chi connectivity index (χ4n) is 2.53. The molecule has 1 fully saturated rings. The van der Waals surface area contributed by atoms with Gasteiger partial charge in [0.25, 0.3) is 0 Å². The Labute approximate surface area is 108 Å². The van der Waals surface area contributed by atoms with Crippen molar-refractivity contribution in [3.63, 3.8) is 0 Å². The minimum Gasteiger partial charge on any atom is -0.481 e. The van der Waals surface area contributed by atoms with Gasteiger partial charge in [0.1, 0.15) is 0 Å². The molecule has 0 spiro atoms. The predicted octanol–water partition coefficient (Wildman–Crippen LogP) is 1.06. The van der Waals surface area contributed by atoms with Gasteiger partial charge in [0.2, 0.25) is 0 Å². The molecular weight excluding hydrogens is 256 g/mol. The first kappa shape index (κ1) is 15.4. The van der Waals surface area contributed by atoms with E-state index in [1.54, 1.807) is 0 Å². The molecule has 1 saturated heterocycles. The number of carboxylic acids is 1. The number of aliphatic carboxylic acids is 1. The van der Waals surface area contributed by atoms with Crippen molar-refractivity contribution in [3.05, 3.63) is 0 Å². The molecule has 1 rings (SSSR count). The van der Waals surface area contributed by atoms with Crippen molar-refractivity contribution in [1.29, 1.82) is 0 Å². The number of sulfone groups is 1. The minimum absolute atomic E-state index is 0.0284. The van der Waals surface area contributed by atoms with Crippen LogP contribution in [0.4, 0.5) is 0 Å². The van der Waals surface area contributed by atoms with Crippen molar-refractivity contribution in [2.75, 3.05) is 18.1 Å². The van der Waals surface area contributed by atoms with Gasteiger partial charge in [0.05, 0.1) is 17.4 Å². The lowest BCUT2D eigenvalue weighted by atomic mass is 9.87. The van der Waals surface area contributed by atoms with Crippen LogP contribution in [0.5, 0.6) is 0 Å². The fourth-order valence-corrected chi connectivity index (χ4v) is 4.41. The number of unbranched alkanes of at least 4 members (excludes halogenated alkanes) is 3. The molecule has 0 aromatic heterocycles. The lowest BCUT2D eigenvalue weighted by Gasteiger charge is -2.17. The maximum Gasteiger partial charge on any atom is 0.306 e. The molecule has 0 aliphatic carbocycles. The average molecular weight is 278 g/mol. The van der Waals surface area contributed by atoms with Crippen LogP contribution in [-0.2, 0) is 14.6 Å². The summed E-state index contributed by atoms with van der Waals surface area (Å²) in [5.74, 6) is -1.46. The summed E-state index contributed by atoms with van der Waals surface area (Å²) in [7, 11) is -3.01. The molecule has 1 heterocycles. The second-order valence-electron chi connectivity index (χ2n) is 5.03. The molecule has 1 aliphatic rings. The van der Waals surface area contributed by atoms with Crippen LogP contribution in [0.15, 0.2) is 0 Å². The second kappa shape index (κ2) is 7.09. The summed E-state index contributed by atoms with van der Waals surface area (Å²) in [6.45, 7) is 0.170. The molecule has 0 aromatic carbocycles. The summed E-state index contributed by atoms with van der Waals surface area (Å²) in [5, 5.41) is 17.8. The summed E-state index contributed by atoms with van der Waals surface area (Å²) in [5.41, 5.74) is 0. The summed E-state index contributed by atoms with van der Waals surface area (Å²) >= 11 is 0.